The Bertz CT molecular complexity index is 603. The van der Waals surface area contributed by atoms with Gasteiger partial charge in [-0.25, -0.2) is 0 Å². The van der Waals surface area contributed by atoms with Crippen LogP contribution in [0.15, 0.2) is 42.5 Å². The molecule has 21 heavy (non-hydrogen) atoms. The van der Waals surface area contributed by atoms with Crippen molar-refractivity contribution in [2.75, 3.05) is 7.11 Å². The molecule has 0 bridgehead atoms. The van der Waals surface area contributed by atoms with Gasteiger partial charge in [-0.2, -0.15) is 0 Å². The Morgan fingerprint density at radius 2 is 1.95 bits per heavy atom. The first-order chi connectivity index (χ1) is 10.3. The third-order valence-corrected chi connectivity index (χ3v) is 4.34. The Morgan fingerprint density at radius 1 is 1.14 bits per heavy atom. The van der Waals surface area contributed by atoms with Crippen molar-refractivity contribution in [3.8, 4) is 5.75 Å². The lowest BCUT2D eigenvalue weighted by Gasteiger charge is -2.27. The molecule has 1 aliphatic rings. The Kier molecular flexibility index (Phi) is 4.26. The maximum Gasteiger partial charge on any atom is 0.119 e. The summed E-state index contributed by atoms with van der Waals surface area (Å²) in [6, 6.07) is 15.7. The van der Waals surface area contributed by atoms with Gasteiger partial charge >= 0.3 is 0 Å². The lowest BCUT2D eigenvalue weighted by molar-refractivity contribution is 0.410. The molecular formula is C19H23NO. The molecule has 3 rings (SSSR count). The molecule has 0 fully saturated rings. The number of methoxy groups -OCH3 is 1. The highest BCUT2D eigenvalue weighted by Gasteiger charge is 2.20. The summed E-state index contributed by atoms with van der Waals surface area (Å²) in [5, 5.41) is 3.71. The second kappa shape index (κ2) is 6.31. The van der Waals surface area contributed by atoms with Crippen LogP contribution in [0.3, 0.4) is 0 Å². The average Bonchev–Trinajstić information content (AvgIpc) is 2.53. The predicted molar refractivity (Wildman–Crippen MR) is 86.7 cm³/mol. The van der Waals surface area contributed by atoms with Crippen molar-refractivity contribution in [2.45, 2.75) is 38.8 Å². The van der Waals surface area contributed by atoms with Crippen LogP contribution in [0.1, 0.15) is 41.1 Å². The molecule has 0 saturated heterocycles. The Morgan fingerprint density at radius 3 is 2.71 bits per heavy atom. The van der Waals surface area contributed by atoms with Crippen molar-refractivity contribution in [1.29, 1.82) is 0 Å². The van der Waals surface area contributed by atoms with Gasteiger partial charge in [-0.05, 0) is 55.0 Å². The third-order valence-electron chi connectivity index (χ3n) is 4.34. The van der Waals surface area contributed by atoms with Crippen LogP contribution in [0, 0.1) is 6.92 Å². The topological polar surface area (TPSA) is 21.3 Å². The van der Waals surface area contributed by atoms with Crippen LogP contribution in [0.4, 0.5) is 0 Å². The molecule has 0 radical (unpaired) electrons. The van der Waals surface area contributed by atoms with E-state index in [0.29, 0.717) is 6.04 Å². The van der Waals surface area contributed by atoms with Gasteiger partial charge in [0.2, 0.25) is 0 Å². The minimum atomic E-state index is 0.459. The number of benzene rings is 2. The number of hydrogen-bond acceptors (Lipinski definition) is 2. The number of rotatable bonds is 4. The van der Waals surface area contributed by atoms with E-state index in [1.807, 2.05) is 0 Å². The lowest BCUT2D eigenvalue weighted by Crippen LogP contribution is -2.24. The SMILES string of the molecule is COc1ccc2c(c1)CCCC2NCc1ccc(C)cc1. The Hall–Kier alpha value is -1.80. The maximum atomic E-state index is 5.34. The molecule has 2 aromatic rings. The fourth-order valence-electron chi connectivity index (χ4n) is 3.08. The second-order valence-corrected chi connectivity index (χ2v) is 5.88. The van der Waals surface area contributed by atoms with Crippen LogP contribution in [0.25, 0.3) is 0 Å². The highest BCUT2D eigenvalue weighted by atomic mass is 16.5. The molecule has 1 unspecified atom stereocenters. The Labute approximate surface area is 127 Å². The summed E-state index contributed by atoms with van der Waals surface area (Å²) in [4.78, 5) is 0. The van der Waals surface area contributed by atoms with Crippen molar-refractivity contribution < 1.29 is 4.74 Å². The van der Waals surface area contributed by atoms with E-state index < -0.39 is 0 Å². The van der Waals surface area contributed by atoms with Crippen molar-refractivity contribution in [1.82, 2.24) is 5.32 Å². The van der Waals surface area contributed by atoms with E-state index in [1.54, 1.807) is 7.11 Å². The van der Waals surface area contributed by atoms with Crippen molar-refractivity contribution in [2.24, 2.45) is 0 Å². The number of ether oxygens (including phenoxy) is 1. The number of aryl methyl sites for hydroxylation is 2. The zero-order valence-electron chi connectivity index (χ0n) is 12.9. The van der Waals surface area contributed by atoms with Crippen LogP contribution in [-0.2, 0) is 13.0 Å². The monoisotopic (exact) mass is 281 g/mol. The van der Waals surface area contributed by atoms with Gasteiger partial charge in [0.1, 0.15) is 5.75 Å². The standard InChI is InChI=1S/C19H23NO/c1-14-6-8-15(9-7-14)13-20-19-5-3-4-16-12-17(21-2)10-11-18(16)19/h6-12,19-20H,3-5,13H2,1-2H3. The van der Waals surface area contributed by atoms with Gasteiger partial charge in [0.15, 0.2) is 0 Å². The first-order valence-electron chi connectivity index (χ1n) is 7.72. The zero-order chi connectivity index (χ0) is 14.7. The summed E-state index contributed by atoms with van der Waals surface area (Å²) >= 11 is 0. The molecule has 1 aliphatic carbocycles. The van der Waals surface area contributed by atoms with E-state index in [9.17, 15) is 0 Å². The van der Waals surface area contributed by atoms with Gasteiger partial charge in [-0.15, -0.1) is 0 Å². The largest absolute Gasteiger partial charge is 0.497 e. The summed E-state index contributed by atoms with van der Waals surface area (Å²) in [6.07, 6.45) is 3.62. The molecule has 2 aromatic carbocycles. The molecule has 1 atom stereocenters. The van der Waals surface area contributed by atoms with E-state index in [4.69, 9.17) is 4.74 Å². The minimum absolute atomic E-state index is 0.459. The van der Waals surface area contributed by atoms with Crippen LogP contribution in [0.5, 0.6) is 5.75 Å². The molecule has 0 amide bonds. The molecule has 0 saturated carbocycles. The summed E-state index contributed by atoms with van der Waals surface area (Å²) in [6.45, 7) is 3.05. The van der Waals surface area contributed by atoms with Gasteiger partial charge in [-0.1, -0.05) is 35.9 Å². The van der Waals surface area contributed by atoms with Crippen molar-refractivity contribution >= 4 is 0 Å². The van der Waals surface area contributed by atoms with Crippen LogP contribution >= 0.6 is 0 Å². The van der Waals surface area contributed by atoms with Crippen LogP contribution < -0.4 is 10.1 Å². The smallest absolute Gasteiger partial charge is 0.119 e. The molecule has 1 N–H and O–H groups in total. The van der Waals surface area contributed by atoms with Gasteiger partial charge < -0.3 is 10.1 Å². The van der Waals surface area contributed by atoms with E-state index >= 15 is 0 Å². The molecule has 0 aromatic heterocycles. The zero-order valence-corrected chi connectivity index (χ0v) is 12.9. The van der Waals surface area contributed by atoms with Gasteiger partial charge in [0, 0.05) is 12.6 Å². The summed E-state index contributed by atoms with van der Waals surface area (Å²) in [5.74, 6) is 0.966. The van der Waals surface area contributed by atoms with Crippen LogP contribution in [0.2, 0.25) is 0 Å². The summed E-state index contributed by atoms with van der Waals surface area (Å²) in [5.41, 5.74) is 5.53. The molecule has 2 nitrogen and oxygen atoms in total. The predicted octanol–water partition coefficient (Wildman–Crippen LogP) is 4.17. The molecule has 0 heterocycles. The van der Waals surface area contributed by atoms with Gasteiger partial charge in [-0.3, -0.25) is 0 Å². The molecular weight excluding hydrogens is 258 g/mol. The van der Waals surface area contributed by atoms with Gasteiger partial charge in [0.25, 0.3) is 0 Å². The summed E-state index contributed by atoms with van der Waals surface area (Å²) in [7, 11) is 1.73. The van der Waals surface area contributed by atoms with Crippen LogP contribution in [-0.4, -0.2) is 7.11 Å². The van der Waals surface area contributed by atoms with Crippen molar-refractivity contribution in [3.63, 3.8) is 0 Å². The molecule has 2 heteroatoms. The highest BCUT2D eigenvalue weighted by molar-refractivity contribution is 5.39. The van der Waals surface area contributed by atoms with Gasteiger partial charge in [0.05, 0.1) is 7.11 Å². The first-order valence-corrected chi connectivity index (χ1v) is 7.72. The highest BCUT2D eigenvalue weighted by Crippen LogP contribution is 2.32. The van der Waals surface area contributed by atoms with E-state index in [2.05, 4.69) is 54.7 Å². The fourth-order valence-corrected chi connectivity index (χ4v) is 3.08. The Balaban J connectivity index is 1.71. The summed E-state index contributed by atoms with van der Waals surface area (Å²) < 4.78 is 5.34. The maximum absolute atomic E-state index is 5.34. The minimum Gasteiger partial charge on any atom is -0.497 e. The molecule has 110 valence electrons. The number of nitrogens with one attached hydrogen (secondary N) is 1. The van der Waals surface area contributed by atoms with E-state index in [1.165, 1.54) is 35.1 Å². The van der Waals surface area contributed by atoms with Crippen molar-refractivity contribution in [3.05, 3.63) is 64.7 Å². The third kappa shape index (κ3) is 3.27. The second-order valence-electron chi connectivity index (χ2n) is 5.88. The average molecular weight is 281 g/mol. The van der Waals surface area contributed by atoms with E-state index in [-0.39, 0.29) is 0 Å². The fraction of sp³-hybridized carbons (Fsp3) is 0.368. The normalized spacial score (nSPS) is 17.3. The number of hydrogen-bond donors (Lipinski definition) is 1. The molecule has 0 aliphatic heterocycles. The number of fused-ring (bicyclic) bond motifs is 1. The van der Waals surface area contributed by atoms with E-state index in [0.717, 1.165) is 18.7 Å². The first kappa shape index (κ1) is 14.2. The lowest BCUT2D eigenvalue weighted by atomic mass is 9.87. The molecule has 0 spiro atoms. The quantitative estimate of drug-likeness (QED) is 0.908.